The normalized spacial score (nSPS) is 11.6. The molecule has 0 saturated heterocycles. The lowest BCUT2D eigenvalue weighted by Crippen LogP contribution is -2.30. The molecule has 0 bridgehead atoms. The number of amides is 1. The number of phenols is 1. The molecule has 0 saturated carbocycles. The number of esters is 1. The number of benzene rings is 2. The van der Waals surface area contributed by atoms with E-state index in [1.165, 1.54) is 43.3 Å². The Bertz CT molecular complexity index is 751. The quantitative estimate of drug-likeness (QED) is 0.839. The highest BCUT2D eigenvalue weighted by molar-refractivity contribution is 6.30. The molecule has 0 aliphatic heterocycles. The van der Waals surface area contributed by atoms with Crippen molar-refractivity contribution < 1.29 is 23.8 Å². The van der Waals surface area contributed by atoms with Crippen LogP contribution in [0.2, 0.25) is 5.02 Å². The average Bonchev–Trinajstić information content (AvgIpc) is 2.49. The third-order valence-corrected chi connectivity index (χ3v) is 3.20. The first-order valence-corrected chi connectivity index (χ1v) is 7.01. The predicted octanol–water partition coefficient (Wildman–Crippen LogP) is 3.37. The number of carbonyl (C=O) groups excluding carboxylic acids is 2. The maximum atomic E-state index is 13.5. The number of hydrogen-bond acceptors (Lipinski definition) is 4. The molecule has 7 heteroatoms. The fourth-order valence-corrected chi connectivity index (χ4v) is 1.92. The molecular formula is C16H13ClFNO4. The van der Waals surface area contributed by atoms with Crippen molar-refractivity contribution in [2.24, 2.45) is 0 Å². The van der Waals surface area contributed by atoms with Crippen molar-refractivity contribution in [2.75, 3.05) is 5.32 Å². The Morgan fingerprint density at radius 3 is 2.61 bits per heavy atom. The van der Waals surface area contributed by atoms with Crippen LogP contribution in [0.4, 0.5) is 10.1 Å². The maximum Gasteiger partial charge on any atom is 0.342 e. The average molecular weight is 338 g/mol. The Morgan fingerprint density at radius 1 is 1.26 bits per heavy atom. The minimum absolute atomic E-state index is 0.0188. The summed E-state index contributed by atoms with van der Waals surface area (Å²) in [4.78, 5) is 23.9. The molecule has 0 aromatic heterocycles. The molecule has 23 heavy (non-hydrogen) atoms. The van der Waals surface area contributed by atoms with Gasteiger partial charge >= 0.3 is 5.97 Å². The summed E-state index contributed by atoms with van der Waals surface area (Å²) in [6.45, 7) is 1.33. The van der Waals surface area contributed by atoms with Gasteiger partial charge in [0.1, 0.15) is 17.1 Å². The Morgan fingerprint density at radius 2 is 1.96 bits per heavy atom. The fourth-order valence-electron chi connectivity index (χ4n) is 1.75. The number of anilines is 1. The molecule has 2 rings (SSSR count). The molecular weight excluding hydrogens is 325 g/mol. The van der Waals surface area contributed by atoms with Gasteiger partial charge in [-0.25, -0.2) is 9.18 Å². The van der Waals surface area contributed by atoms with Gasteiger partial charge in [-0.3, -0.25) is 4.79 Å². The van der Waals surface area contributed by atoms with Crippen molar-refractivity contribution in [3.63, 3.8) is 0 Å². The van der Waals surface area contributed by atoms with E-state index >= 15 is 0 Å². The molecule has 0 fully saturated rings. The zero-order valence-electron chi connectivity index (χ0n) is 12.0. The first kappa shape index (κ1) is 16.8. The van der Waals surface area contributed by atoms with E-state index in [9.17, 15) is 19.1 Å². The number of halogens is 2. The first-order chi connectivity index (χ1) is 10.9. The highest BCUT2D eigenvalue weighted by atomic mass is 35.5. The summed E-state index contributed by atoms with van der Waals surface area (Å²) >= 11 is 5.67. The number of para-hydroxylation sites is 1. The monoisotopic (exact) mass is 337 g/mol. The molecule has 2 aromatic carbocycles. The molecule has 2 N–H and O–H groups in total. The van der Waals surface area contributed by atoms with E-state index in [1.54, 1.807) is 6.07 Å². The summed E-state index contributed by atoms with van der Waals surface area (Å²) in [5.41, 5.74) is -0.144. The summed E-state index contributed by atoms with van der Waals surface area (Å²) in [5, 5.41) is 12.2. The largest absolute Gasteiger partial charge is 0.507 e. The van der Waals surface area contributed by atoms with Gasteiger partial charge < -0.3 is 15.2 Å². The number of ether oxygens (including phenoxy) is 1. The van der Waals surface area contributed by atoms with Crippen molar-refractivity contribution in [3.05, 3.63) is 58.9 Å². The Kier molecular flexibility index (Phi) is 5.18. The van der Waals surface area contributed by atoms with E-state index in [2.05, 4.69) is 5.32 Å². The lowest BCUT2D eigenvalue weighted by atomic mass is 10.2. The third kappa shape index (κ3) is 4.20. The van der Waals surface area contributed by atoms with E-state index < -0.39 is 23.8 Å². The van der Waals surface area contributed by atoms with E-state index in [0.717, 1.165) is 0 Å². The number of phenolic OH excluding ortho intramolecular Hbond substituents is 1. The SMILES string of the molecule is C[C@H](OC(=O)c1ccc(Cl)cc1O)C(=O)Nc1ccccc1F. The van der Waals surface area contributed by atoms with Crippen LogP contribution in [0.3, 0.4) is 0 Å². The second-order valence-corrected chi connectivity index (χ2v) is 5.11. The lowest BCUT2D eigenvalue weighted by molar-refractivity contribution is -0.123. The van der Waals surface area contributed by atoms with Gasteiger partial charge in [0.05, 0.1) is 5.69 Å². The topological polar surface area (TPSA) is 75.6 Å². The smallest absolute Gasteiger partial charge is 0.342 e. The molecule has 1 atom stereocenters. The molecule has 120 valence electrons. The van der Waals surface area contributed by atoms with Gasteiger partial charge in [-0.2, -0.15) is 0 Å². The molecule has 0 aliphatic carbocycles. The summed E-state index contributed by atoms with van der Waals surface area (Å²) in [5.74, 6) is -2.55. The second kappa shape index (κ2) is 7.11. The van der Waals surface area contributed by atoms with Crippen LogP contribution in [0.15, 0.2) is 42.5 Å². The van der Waals surface area contributed by atoms with Crippen molar-refractivity contribution in [1.82, 2.24) is 0 Å². The van der Waals surface area contributed by atoms with Crippen molar-refractivity contribution in [3.8, 4) is 5.75 Å². The van der Waals surface area contributed by atoms with Crippen LogP contribution in [0.5, 0.6) is 5.75 Å². The summed E-state index contributed by atoms with van der Waals surface area (Å²) in [6.07, 6.45) is -1.18. The van der Waals surface area contributed by atoms with Gasteiger partial charge in [-0.1, -0.05) is 23.7 Å². The molecule has 5 nitrogen and oxygen atoms in total. The van der Waals surface area contributed by atoms with Gasteiger partial charge in [0.25, 0.3) is 5.91 Å². The fraction of sp³-hybridized carbons (Fsp3) is 0.125. The minimum Gasteiger partial charge on any atom is -0.507 e. The molecule has 0 unspecified atom stereocenters. The Hall–Kier alpha value is -2.60. The van der Waals surface area contributed by atoms with Crippen LogP contribution >= 0.6 is 11.6 Å². The number of aromatic hydroxyl groups is 1. The van der Waals surface area contributed by atoms with Gasteiger partial charge in [-0.05, 0) is 37.3 Å². The third-order valence-electron chi connectivity index (χ3n) is 2.96. The maximum absolute atomic E-state index is 13.5. The number of nitrogens with one attached hydrogen (secondary N) is 1. The number of hydrogen-bond donors (Lipinski definition) is 2. The molecule has 2 aromatic rings. The zero-order valence-corrected chi connectivity index (χ0v) is 12.8. The van der Waals surface area contributed by atoms with Crippen LogP contribution in [0.25, 0.3) is 0 Å². The van der Waals surface area contributed by atoms with E-state index in [1.807, 2.05) is 0 Å². The van der Waals surface area contributed by atoms with Gasteiger partial charge in [0.2, 0.25) is 0 Å². The van der Waals surface area contributed by atoms with Crippen LogP contribution in [0.1, 0.15) is 17.3 Å². The Labute approximate surface area is 136 Å². The van der Waals surface area contributed by atoms with Crippen molar-refractivity contribution in [1.29, 1.82) is 0 Å². The molecule has 0 aliphatic rings. The highest BCUT2D eigenvalue weighted by Crippen LogP contribution is 2.23. The lowest BCUT2D eigenvalue weighted by Gasteiger charge is -2.14. The molecule has 1 amide bonds. The van der Waals surface area contributed by atoms with Crippen LogP contribution < -0.4 is 5.32 Å². The second-order valence-electron chi connectivity index (χ2n) is 4.68. The van der Waals surface area contributed by atoms with Crippen LogP contribution in [0, 0.1) is 5.82 Å². The summed E-state index contributed by atoms with van der Waals surface area (Å²) in [7, 11) is 0. The zero-order chi connectivity index (χ0) is 17.0. The van der Waals surface area contributed by atoms with Crippen LogP contribution in [-0.4, -0.2) is 23.1 Å². The van der Waals surface area contributed by atoms with E-state index in [4.69, 9.17) is 16.3 Å². The van der Waals surface area contributed by atoms with E-state index in [-0.39, 0.29) is 22.0 Å². The standard InChI is InChI=1S/C16H13ClFNO4/c1-9(15(21)19-13-5-3-2-4-12(13)18)23-16(22)11-7-6-10(17)8-14(11)20/h2-9,20H,1H3,(H,19,21)/t9-/m0/s1. The Balaban J connectivity index is 2.03. The highest BCUT2D eigenvalue weighted by Gasteiger charge is 2.21. The van der Waals surface area contributed by atoms with Gasteiger partial charge in [0.15, 0.2) is 6.10 Å². The molecule has 0 radical (unpaired) electrons. The van der Waals surface area contributed by atoms with Gasteiger partial charge in [-0.15, -0.1) is 0 Å². The first-order valence-electron chi connectivity index (χ1n) is 6.63. The minimum atomic E-state index is -1.18. The van der Waals surface area contributed by atoms with E-state index in [0.29, 0.717) is 0 Å². The van der Waals surface area contributed by atoms with Crippen molar-refractivity contribution in [2.45, 2.75) is 13.0 Å². The predicted molar refractivity (Wildman–Crippen MR) is 83.0 cm³/mol. The molecule has 0 heterocycles. The van der Waals surface area contributed by atoms with Crippen molar-refractivity contribution >= 4 is 29.2 Å². The molecule has 0 spiro atoms. The summed E-state index contributed by atoms with van der Waals surface area (Å²) < 4.78 is 18.4. The number of rotatable bonds is 4. The summed E-state index contributed by atoms with van der Waals surface area (Å²) in [6, 6.07) is 9.48. The van der Waals surface area contributed by atoms with Gasteiger partial charge in [0, 0.05) is 5.02 Å². The number of carbonyl (C=O) groups is 2. The van der Waals surface area contributed by atoms with Crippen LogP contribution in [-0.2, 0) is 9.53 Å².